The second-order valence-corrected chi connectivity index (χ2v) is 7.26. The molecule has 0 aliphatic carbocycles. The van der Waals surface area contributed by atoms with Gasteiger partial charge >= 0.3 is 6.03 Å². The first-order valence-electron chi connectivity index (χ1n) is 10.1. The van der Waals surface area contributed by atoms with Crippen molar-refractivity contribution in [1.82, 2.24) is 4.90 Å². The van der Waals surface area contributed by atoms with Crippen molar-refractivity contribution < 1.29 is 23.7 Å². The van der Waals surface area contributed by atoms with Gasteiger partial charge in [-0.15, -0.1) is 0 Å². The summed E-state index contributed by atoms with van der Waals surface area (Å²) < 4.78 is 21.4. The van der Waals surface area contributed by atoms with Gasteiger partial charge in [0.2, 0.25) is 5.75 Å². The van der Waals surface area contributed by atoms with Crippen molar-refractivity contribution in [1.29, 1.82) is 0 Å². The summed E-state index contributed by atoms with van der Waals surface area (Å²) in [5.41, 5.74) is 1.82. The quantitative estimate of drug-likeness (QED) is 0.753. The Kier molecular flexibility index (Phi) is 7.27. The number of carbonyl (C=O) groups is 1. The van der Waals surface area contributed by atoms with E-state index in [0.29, 0.717) is 35.4 Å². The number of nitrogens with one attached hydrogen (secondary N) is 1. The minimum atomic E-state index is -0.135. The minimum Gasteiger partial charge on any atom is -0.497 e. The first-order chi connectivity index (χ1) is 14.6. The molecule has 1 unspecified atom stereocenters. The number of hydrogen-bond donors (Lipinski definition) is 1. The molecular formula is C23H30N2O5. The van der Waals surface area contributed by atoms with Gasteiger partial charge in [-0.3, -0.25) is 0 Å². The molecule has 2 amide bonds. The van der Waals surface area contributed by atoms with E-state index in [-0.39, 0.29) is 6.03 Å². The van der Waals surface area contributed by atoms with Gasteiger partial charge in [0.1, 0.15) is 5.75 Å². The Morgan fingerprint density at radius 3 is 2.17 bits per heavy atom. The molecule has 0 radical (unpaired) electrons. The van der Waals surface area contributed by atoms with Gasteiger partial charge in [-0.25, -0.2) is 4.79 Å². The highest BCUT2D eigenvalue weighted by molar-refractivity contribution is 5.90. The predicted molar refractivity (Wildman–Crippen MR) is 116 cm³/mol. The summed E-state index contributed by atoms with van der Waals surface area (Å²) in [6.07, 6.45) is 3.13. The molecule has 2 aromatic rings. The Morgan fingerprint density at radius 2 is 1.60 bits per heavy atom. The van der Waals surface area contributed by atoms with Crippen LogP contribution in [0.25, 0.3) is 0 Å². The van der Waals surface area contributed by atoms with Gasteiger partial charge in [-0.1, -0.05) is 18.6 Å². The molecular weight excluding hydrogens is 384 g/mol. The fourth-order valence-electron chi connectivity index (χ4n) is 3.83. The molecule has 0 spiro atoms. The number of anilines is 1. The van der Waals surface area contributed by atoms with Crippen molar-refractivity contribution in [3.05, 3.63) is 42.0 Å². The monoisotopic (exact) mass is 414 g/mol. The van der Waals surface area contributed by atoms with E-state index in [1.165, 1.54) is 5.56 Å². The molecule has 1 atom stereocenters. The van der Waals surface area contributed by atoms with Crippen molar-refractivity contribution in [3.63, 3.8) is 0 Å². The lowest BCUT2D eigenvalue weighted by atomic mass is 9.94. The summed E-state index contributed by atoms with van der Waals surface area (Å²) in [7, 11) is 6.32. The van der Waals surface area contributed by atoms with Crippen LogP contribution in [0.4, 0.5) is 10.5 Å². The zero-order valence-electron chi connectivity index (χ0n) is 18.1. The van der Waals surface area contributed by atoms with Crippen molar-refractivity contribution >= 4 is 11.7 Å². The van der Waals surface area contributed by atoms with E-state index in [2.05, 4.69) is 17.4 Å². The number of carbonyl (C=O) groups excluding carboxylic acids is 1. The molecule has 3 rings (SSSR count). The highest BCUT2D eigenvalue weighted by atomic mass is 16.5. The predicted octanol–water partition coefficient (Wildman–Crippen LogP) is 4.52. The van der Waals surface area contributed by atoms with Crippen LogP contribution < -0.4 is 24.3 Å². The van der Waals surface area contributed by atoms with Crippen LogP contribution in [-0.2, 0) is 0 Å². The van der Waals surface area contributed by atoms with Crippen LogP contribution in [0.3, 0.4) is 0 Å². The van der Waals surface area contributed by atoms with Gasteiger partial charge < -0.3 is 29.2 Å². The van der Waals surface area contributed by atoms with Gasteiger partial charge in [0.15, 0.2) is 11.5 Å². The summed E-state index contributed by atoms with van der Waals surface area (Å²) in [4.78, 5) is 14.9. The summed E-state index contributed by atoms with van der Waals surface area (Å²) in [5.74, 6) is 2.62. The largest absolute Gasteiger partial charge is 0.497 e. The van der Waals surface area contributed by atoms with Gasteiger partial charge in [-0.05, 0) is 30.5 Å². The number of nitrogens with zero attached hydrogens (tertiary/aromatic N) is 1. The normalized spacial score (nSPS) is 16.4. The highest BCUT2D eigenvalue weighted by Gasteiger charge is 2.24. The summed E-state index contributed by atoms with van der Waals surface area (Å²) in [6, 6.07) is 11.5. The number of rotatable bonds is 6. The van der Waals surface area contributed by atoms with Gasteiger partial charge in [0.25, 0.3) is 0 Å². The van der Waals surface area contributed by atoms with Crippen molar-refractivity contribution in [3.8, 4) is 23.0 Å². The summed E-state index contributed by atoms with van der Waals surface area (Å²) in [6.45, 7) is 1.39. The standard InChI is InChI=1S/C23H30N2O5/c1-27-19-10-8-16(9-11-19)17-7-5-6-12-25(15-17)23(26)24-18-13-20(28-2)22(30-4)21(14-18)29-3/h8-11,13-14,17H,5-7,12,15H2,1-4H3,(H,24,26). The van der Waals surface area contributed by atoms with E-state index in [9.17, 15) is 4.79 Å². The number of amides is 2. The van der Waals surface area contributed by atoms with Crippen LogP contribution in [-0.4, -0.2) is 52.5 Å². The lowest BCUT2D eigenvalue weighted by Gasteiger charge is -2.25. The Labute approximate surface area is 177 Å². The number of benzene rings is 2. The second kappa shape index (κ2) is 10.1. The van der Waals surface area contributed by atoms with Gasteiger partial charge in [0, 0.05) is 31.1 Å². The van der Waals surface area contributed by atoms with Gasteiger partial charge in [-0.2, -0.15) is 0 Å². The van der Waals surface area contributed by atoms with Crippen LogP contribution >= 0.6 is 0 Å². The molecule has 2 aromatic carbocycles. The fourth-order valence-corrected chi connectivity index (χ4v) is 3.83. The Bertz CT molecular complexity index is 828. The third-order valence-corrected chi connectivity index (χ3v) is 5.46. The minimum absolute atomic E-state index is 0.135. The topological polar surface area (TPSA) is 69.3 Å². The maximum absolute atomic E-state index is 13.0. The average Bonchev–Trinajstić information content (AvgIpc) is 3.05. The van der Waals surface area contributed by atoms with Crippen molar-refractivity contribution in [2.75, 3.05) is 46.8 Å². The molecule has 0 bridgehead atoms. The molecule has 1 fully saturated rings. The SMILES string of the molecule is COc1ccc(C2CCCCN(C(=O)Nc3cc(OC)c(OC)c(OC)c3)C2)cc1. The van der Waals surface area contributed by atoms with Crippen molar-refractivity contribution in [2.45, 2.75) is 25.2 Å². The number of likely N-dealkylation sites (tertiary alicyclic amines) is 1. The molecule has 7 nitrogen and oxygen atoms in total. The van der Waals surface area contributed by atoms with Crippen molar-refractivity contribution in [2.24, 2.45) is 0 Å². The Balaban J connectivity index is 1.75. The summed E-state index contributed by atoms with van der Waals surface area (Å²) in [5, 5.41) is 2.98. The Hall–Kier alpha value is -3.09. The maximum atomic E-state index is 13.0. The van der Waals surface area contributed by atoms with Crippen LogP contribution in [0.5, 0.6) is 23.0 Å². The third-order valence-electron chi connectivity index (χ3n) is 5.46. The molecule has 30 heavy (non-hydrogen) atoms. The smallest absolute Gasteiger partial charge is 0.321 e. The van der Waals surface area contributed by atoms with Crippen LogP contribution in [0, 0.1) is 0 Å². The average molecular weight is 415 g/mol. The first kappa shape index (κ1) is 21.6. The molecule has 7 heteroatoms. The van der Waals surface area contributed by atoms with E-state index in [0.717, 1.165) is 31.6 Å². The molecule has 162 valence electrons. The van der Waals surface area contributed by atoms with Gasteiger partial charge in [0.05, 0.1) is 34.1 Å². The molecule has 1 N–H and O–H groups in total. The molecule has 1 saturated heterocycles. The first-order valence-corrected chi connectivity index (χ1v) is 10.1. The van der Waals surface area contributed by atoms with Crippen LogP contribution in [0.15, 0.2) is 36.4 Å². The molecule has 0 saturated carbocycles. The van der Waals surface area contributed by atoms with E-state index < -0.39 is 0 Å². The fraction of sp³-hybridized carbons (Fsp3) is 0.435. The third kappa shape index (κ3) is 4.90. The van der Waals surface area contributed by atoms with E-state index >= 15 is 0 Å². The molecule has 1 aliphatic heterocycles. The lowest BCUT2D eigenvalue weighted by molar-refractivity contribution is 0.211. The second-order valence-electron chi connectivity index (χ2n) is 7.26. The van der Waals surface area contributed by atoms with Crippen LogP contribution in [0.1, 0.15) is 30.7 Å². The highest BCUT2D eigenvalue weighted by Crippen LogP contribution is 2.40. The molecule has 1 aliphatic rings. The zero-order chi connectivity index (χ0) is 21.5. The van der Waals surface area contributed by atoms with E-state index in [1.54, 1.807) is 40.6 Å². The number of methoxy groups -OCH3 is 4. The molecule has 1 heterocycles. The van der Waals surface area contributed by atoms with E-state index in [4.69, 9.17) is 18.9 Å². The van der Waals surface area contributed by atoms with Crippen LogP contribution in [0.2, 0.25) is 0 Å². The maximum Gasteiger partial charge on any atom is 0.321 e. The van der Waals surface area contributed by atoms with E-state index in [1.807, 2.05) is 17.0 Å². The summed E-state index contributed by atoms with van der Waals surface area (Å²) >= 11 is 0. The lowest BCUT2D eigenvalue weighted by Crippen LogP contribution is -2.37. The number of hydrogen-bond acceptors (Lipinski definition) is 5. The number of urea groups is 1. The molecule has 0 aromatic heterocycles. The Morgan fingerprint density at radius 1 is 0.933 bits per heavy atom. The zero-order valence-corrected chi connectivity index (χ0v) is 18.1. The number of ether oxygens (including phenoxy) is 4.